The van der Waals surface area contributed by atoms with Crippen molar-refractivity contribution in [1.29, 1.82) is 0 Å². The van der Waals surface area contributed by atoms with Gasteiger partial charge in [-0.05, 0) is 6.07 Å². The minimum atomic E-state index is -0.914. The van der Waals surface area contributed by atoms with Gasteiger partial charge in [-0.15, -0.1) is 0 Å². The van der Waals surface area contributed by atoms with E-state index in [4.69, 9.17) is 10.8 Å². The molecule has 3 N–H and O–H groups in total. The molecule has 58 valence electrons. The largest absolute Gasteiger partial charge is 0.492 e. The molecule has 4 nitrogen and oxygen atoms in total. The van der Waals surface area contributed by atoms with Crippen molar-refractivity contribution in [3.63, 3.8) is 0 Å². The van der Waals surface area contributed by atoms with Gasteiger partial charge in [0.2, 0.25) is 0 Å². The normalized spacial score (nSPS) is 9.64. The zero-order chi connectivity index (χ0) is 8.27. The summed E-state index contributed by atoms with van der Waals surface area (Å²) < 4.78 is 4.65. The maximum absolute atomic E-state index is 9.12. The number of nitrogen functional groups attached to an aromatic ring is 1. The maximum atomic E-state index is 9.12. The minimum Gasteiger partial charge on any atom is -0.423 e. The summed E-state index contributed by atoms with van der Waals surface area (Å²) in [5.74, 6) is 0.428. The van der Waals surface area contributed by atoms with Gasteiger partial charge in [0.05, 0.1) is 0 Å². The van der Waals surface area contributed by atoms with Crippen LogP contribution in [0.5, 0.6) is 0 Å². The van der Waals surface area contributed by atoms with Gasteiger partial charge in [0.25, 0.3) is 0 Å². The summed E-state index contributed by atoms with van der Waals surface area (Å²) >= 11 is 0. The first-order valence-corrected chi connectivity index (χ1v) is 3.16. The molecule has 0 aliphatic rings. The van der Waals surface area contributed by atoms with E-state index >= 15 is 0 Å². The third-order valence-electron chi connectivity index (χ3n) is 1.32. The standard InChI is InChI=1S/C6H9BN2O2/c1-11-7(10)5-2-3-6(8)9-4-5/h2-4,10H,1H3,(H2,8,9). The third-order valence-corrected chi connectivity index (χ3v) is 1.32. The number of hydrogen-bond donors (Lipinski definition) is 2. The Morgan fingerprint density at radius 3 is 2.82 bits per heavy atom. The van der Waals surface area contributed by atoms with E-state index in [0.717, 1.165) is 0 Å². The van der Waals surface area contributed by atoms with Gasteiger partial charge in [-0.25, -0.2) is 4.98 Å². The van der Waals surface area contributed by atoms with E-state index in [0.29, 0.717) is 11.3 Å². The second-order valence-corrected chi connectivity index (χ2v) is 2.10. The molecule has 0 aliphatic carbocycles. The second kappa shape index (κ2) is 3.36. The lowest BCUT2D eigenvalue weighted by Gasteiger charge is -2.01. The quantitative estimate of drug-likeness (QED) is 0.533. The van der Waals surface area contributed by atoms with Crippen LogP contribution >= 0.6 is 0 Å². The van der Waals surface area contributed by atoms with Gasteiger partial charge in [-0.3, -0.25) is 0 Å². The molecule has 1 aromatic rings. The first-order valence-electron chi connectivity index (χ1n) is 3.16. The van der Waals surface area contributed by atoms with Gasteiger partial charge in [-0.1, -0.05) is 6.07 Å². The van der Waals surface area contributed by atoms with E-state index in [1.807, 2.05) is 0 Å². The molecule has 0 aliphatic heterocycles. The van der Waals surface area contributed by atoms with Gasteiger partial charge >= 0.3 is 7.12 Å². The van der Waals surface area contributed by atoms with Crippen LogP contribution < -0.4 is 11.2 Å². The first-order chi connectivity index (χ1) is 5.24. The molecule has 1 heterocycles. The smallest absolute Gasteiger partial charge is 0.423 e. The van der Waals surface area contributed by atoms with Crippen LogP contribution in [0.2, 0.25) is 0 Å². The summed E-state index contributed by atoms with van der Waals surface area (Å²) in [5.41, 5.74) is 5.93. The van der Waals surface area contributed by atoms with Crippen molar-refractivity contribution < 1.29 is 9.68 Å². The lowest BCUT2D eigenvalue weighted by atomic mass is 9.81. The summed E-state index contributed by atoms with van der Waals surface area (Å²) in [6, 6.07) is 3.27. The number of pyridine rings is 1. The number of aromatic nitrogens is 1. The average Bonchev–Trinajstić information content (AvgIpc) is 2.05. The summed E-state index contributed by atoms with van der Waals surface area (Å²) in [4.78, 5) is 3.79. The van der Waals surface area contributed by atoms with Crippen LogP contribution in [0.3, 0.4) is 0 Å². The Kier molecular flexibility index (Phi) is 2.46. The predicted molar refractivity (Wildman–Crippen MR) is 43.3 cm³/mol. The number of nitrogens with two attached hydrogens (primary N) is 1. The van der Waals surface area contributed by atoms with Crippen molar-refractivity contribution in [2.24, 2.45) is 0 Å². The molecule has 0 unspecified atom stereocenters. The van der Waals surface area contributed by atoms with E-state index in [-0.39, 0.29) is 0 Å². The SMILES string of the molecule is COB(O)c1ccc(N)nc1. The second-order valence-electron chi connectivity index (χ2n) is 2.10. The third kappa shape index (κ3) is 1.93. The number of anilines is 1. The van der Waals surface area contributed by atoms with Crippen molar-refractivity contribution in [2.45, 2.75) is 0 Å². The highest BCUT2D eigenvalue weighted by atomic mass is 16.5. The van der Waals surface area contributed by atoms with E-state index in [1.165, 1.54) is 13.3 Å². The molecule has 1 aromatic heterocycles. The Morgan fingerprint density at radius 2 is 2.36 bits per heavy atom. The van der Waals surface area contributed by atoms with Gasteiger partial charge in [0, 0.05) is 18.8 Å². The Bertz CT molecular complexity index is 227. The summed E-state index contributed by atoms with van der Waals surface area (Å²) in [5, 5.41) is 9.12. The molecule has 0 saturated carbocycles. The van der Waals surface area contributed by atoms with Crippen molar-refractivity contribution in [1.82, 2.24) is 4.98 Å². The minimum absolute atomic E-state index is 0.428. The molecule has 1 rings (SSSR count). The number of rotatable bonds is 2. The average molecular weight is 152 g/mol. The highest BCUT2D eigenvalue weighted by Crippen LogP contribution is 1.91. The zero-order valence-corrected chi connectivity index (χ0v) is 6.19. The van der Waals surface area contributed by atoms with Gasteiger partial charge in [0.1, 0.15) is 5.82 Å². The molecular formula is C6H9BN2O2. The monoisotopic (exact) mass is 152 g/mol. The first kappa shape index (κ1) is 8.04. The van der Waals surface area contributed by atoms with E-state index in [9.17, 15) is 0 Å². The lowest BCUT2D eigenvalue weighted by molar-refractivity contribution is 0.341. The summed E-state index contributed by atoms with van der Waals surface area (Å²) in [6.07, 6.45) is 1.48. The van der Waals surface area contributed by atoms with Crippen LogP contribution in [-0.4, -0.2) is 24.2 Å². The topological polar surface area (TPSA) is 68.4 Å². The Balaban J connectivity index is 2.81. The van der Waals surface area contributed by atoms with Crippen LogP contribution in [0, 0.1) is 0 Å². The molecule has 0 radical (unpaired) electrons. The lowest BCUT2D eigenvalue weighted by Crippen LogP contribution is -2.32. The summed E-state index contributed by atoms with van der Waals surface area (Å²) in [7, 11) is 0.504. The molecule has 0 saturated heterocycles. The molecule has 0 spiro atoms. The molecule has 5 heteroatoms. The fourth-order valence-corrected chi connectivity index (χ4v) is 0.699. The fraction of sp³-hybridized carbons (Fsp3) is 0.167. The molecular weight excluding hydrogens is 143 g/mol. The fourth-order valence-electron chi connectivity index (χ4n) is 0.699. The highest BCUT2D eigenvalue weighted by Gasteiger charge is 2.13. The predicted octanol–water partition coefficient (Wildman–Crippen LogP) is -1.00. The molecule has 0 aromatic carbocycles. The molecule has 0 fully saturated rings. The maximum Gasteiger partial charge on any atom is 0.492 e. The van der Waals surface area contributed by atoms with Crippen molar-refractivity contribution in [2.75, 3.05) is 12.8 Å². The van der Waals surface area contributed by atoms with Gasteiger partial charge in [0.15, 0.2) is 0 Å². The Labute approximate surface area is 65.2 Å². The summed E-state index contributed by atoms with van der Waals surface area (Å²) in [6.45, 7) is 0. The van der Waals surface area contributed by atoms with Crippen LogP contribution in [0.1, 0.15) is 0 Å². The van der Waals surface area contributed by atoms with Gasteiger partial charge in [-0.2, -0.15) is 0 Å². The molecule has 11 heavy (non-hydrogen) atoms. The van der Waals surface area contributed by atoms with Crippen molar-refractivity contribution in [3.8, 4) is 0 Å². The van der Waals surface area contributed by atoms with Gasteiger partial charge < -0.3 is 15.4 Å². The van der Waals surface area contributed by atoms with Crippen LogP contribution in [0.4, 0.5) is 5.82 Å². The molecule has 0 amide bonds. The Morgan fingerprint density at radius 1 is 1.64 bits per heavy atom. The molecule has 0 atom stereocenters. The van der Waals surface area contributed by atoms with Crippen LogP contribution in [0.25, 0.3) is 0 Å². The highest BCUT2D eigenvalue weighted by molar-refractivity contribution is 6.59. The molecule has 0 bridgehead atoms. The van der Waals surface area contributed by atoms with E-state index in [2.05, 4.69) is 9.64 Å². The van der Waals surface area contributed by atoms with Crippen molar-refractivity contribution in [3.05, 3.63) is 18.3 Å². The Hall–Kier alpha value is -1.07. The number of hydrogen-bond acceptors (Lipinski definition) is 4. The van der Waals surface area contributed by atoms with Crippen LogP contribution in [-0.2, 0) is 4.65 Å². The zero-order valence-electron chi connectivity index (χ0n) is 6.19. The van der Waals surface area contributed by atoms with Crippen molar-refractivity contribution >= 4 is 18.4 Å². The van der Waals surface area contributed by atoms with E-state index < -0.39 is 7.12 Å². The van der Waals surface area contributed by atoms with E-state index in [1.54, 1.807) is 12.1 Å². The number of nitrogens with zero attached hydrogens (tertiary/aromatic N) is 1. The van der Waals surface area contributed by atoms with Crippen LogP contribution in [0.15, 0.2) is 18.3 Å².